The highest BCUT2D eigenvalue weighted by molar-refractivity contribution is 6.31. The summed E-state index contributed by atoms with van der Waals surface area (Å²) in [5.74, 6) is -3.07. The molecule has 182 valence electrons. The summed E-state index contributed by atoms with van der Waals surface area (Å²) in [7, 11) is 0. The van der Waals surface area contributed by atoms with Gasteiger partial charge in [-0.1, -0.05) is 24.3 Å². The summed E-state index contributed by atoms with van der Waals surface area (Å²) in [4.78, 5) is 48.4. The Kier molecular flexibility index (Phi) is 6.26. The van der Waals surface area contributed by atoms with Gasteiger partial charge in [0, 0.05) is 17.7 Å². The smallest absolute Gasteiger partial charge is 0.416 e. The maximum absolute atomic E-state index is 13.0. The molecule has 0 bridgehead atoms. The number of amides is 2. The summed E-state index contributed by atoms with van der Waals surface area (Å²) in [6, 6.07) is 14.6. The first-order valence-corrected chi connectivity index (χ1v) is 10.1. The van der Waals surface area contributed by atoms with Crippen molar-refractivity contribution in [3.63, 3.8) is 0 Å². The molecular formula is C24H14F3N3O6. The van der Waals surface area contributed by atoms with E-state index < -0.39 is 51.3 Å². The van der Waals surface area contributed by atoms with Gasteiger partial charge in [-0.05, 0) is 42.5 Å². The number of non-ortho nitro benzene ring substituents is 1. The van der Waals surface area contributed by atoms with Crippen LogP contribution in [0, 0.1) is 10.1 Å². The molecule has 1 saturated heterocycles. The summed E-state index contributed by atoms with van der Waals surface area (Å²) in [6.07, 6.45) is -3.69. The third kappa shape index (κ3) is 4.92. The van der Waals surface area contributed by atoms with E-state index >= 15 is 0 Å². The molecule has 3 aromatic carbocycles. The normalized spacial score (nSPS) is 14.6. The molecule has 1 heterocycles. The number of nitro benzene ring substituents is 1. The number of nitrogens with zero attached hydrogens (tertiary/aromatic N) is 2. The van der Waals surface area contributed by atoms with Crippen LogP contribution in [0.2, 0.25) is 0 Å². The van der Waals surface area contributed by atoms with Crippen LogP contribution in [0.25, 0.3) is 6.08 Å². The average Bonchev–Trinajstić information content (AvgIpc) is 3.13. The number of esters is 1. The number of nitro groups is 1. The Bertz CT molecular complexity index is 1420. The van der Waals surface area contributed by atoms with Crippen LogP contribution in [-0.4, -0.2) is 22.7 Å². The maximum Gasteiger partial charge on any atom is 0.416 e. The fraction of sp³-hybridized carbons (Fsp3) is 0.0417. The minimum absolute atomic E-state index is 0.182. The number of hydrazine groups is 1. The molecule has 3 aromatic rings. The van der Waals surface area contributed by atoms with Crippen LogP contribution >= 0.6 is 0 Å². The van der Waals surface area contributed by atoms with Crippen LogP contribution in [-0.2, 0) is 15.8 Å². The zero-order valence-electron chi connectivity index (χ0n) is 18.0. The number of hydrogen-bond acceptors (Lipinski definition) is 6. The second-order valence-corrected chi connectivity index (χ2v) is 7.42. The number of alkyl halides is 3. The van der Waals surface area contributed by atoms with Gasteiger partial charge in [0.05, 0.1) is 21.7 Å². The first-order chi connectivity index (χ1) is 17.0. The molecule has 0 saturated carbocycles. The number of anilines is 1. The molecule has 9 nitrogen and oxygen atoms in total. The van der Waals surface area contributed by atoms with Crippen molar-refractivity contribution in [1.82, 2.24) is 5.43 Å². The molecule has 0 radical (unpaired) electrons. The van der Waals surface area contributed by atoms with Gasteiger partial charge in [-0.15, -0.1) is 0 Å². The van der Waals surface area contributed by atoms with E-state index in [2.05, 4.69) is 5.43 Å². The van der Waals surface area contributed by atoms with Crippen LogP contribution in [0.5, 0.6) is 5.75 Å². The van der Waals surface area contributed by atoms with E-state index in [0.717, 1.165) is 47.5 Å². The molecule has 0 aliphatic carbocycles. The van der Waals surface area contributed by atoms with Gasteiger partial charge in [0.15, 0.2) is 0 Å². The van der Waals surface area contributed by atoms with Gasteiger partial charge in [-0.2, -0.15) is 13.2 Å². The number of hydrogen-bond donors (Lipinski definition) is 1. The van der Waals surface area contributed by atoms with Crippen molar-refractivity contribution < 1.29 is 37.2 Å². The minimum Gasteiger partial charge on any atom is -0.422 e. The summed E-state index contributed by atoms with van der Waals surface area (Å²) in [5, 5.41) is 12.2. The van der Waals surface area contributed by atoms with E-state index in [0.29, 0.717) is 11.8 Å². The monoisotopic (exact) mass is 497 g/mol. The fourth-order valence-electron chi connectivity index (χ4n) is 3.31. The van der Waals surface area contributed by atoms with E-state index in [-0.39, 0.29) is 11.3 Å². The van der Waals surface area contributed by atoms with Crippen molar-refractivity contribution in [3.05, 3.63) is 105 Å². The van der Waals surface area contributed by atoms with Gasteiger partial charge < -0.3 is 4.74 Å². The van der Waals surface area contributed by atoms with E-state index in [1.54, 1.807) is 30.3 Å². The molecule has 1 fully saturated rings. The number of halogens is 3. The maximum atomic E-state index is 13.0. The number of para-hydroxylation sites is 1. The van der Waals surface area contributed by atoms with Crippen LogP contribution < -0.4 is 15.2 Å². The second-order valence-electron chi connectivity index (χ2n) is 7.42. The van der Waals surface area contributed by atoms with Gasteiger partial charge >= 0.3 is 12.1 Å². The Morgan fingerprint density at radius 1 is 1.00 bits per heavy atom. The zero-order chi connectivity index (χ0) is 26.0. The number of carbonyl (C=O) groups excluding carboxylic acids is 3. The number of benzene rings is 3. The number of ether oxygens (including phenoxy) is 1. The lowest BCUT2D eigenvalue weighted by molar-refractivity contribution is -0.384. The lowest BCUT2D eigenvalue weighted by Gasteiger charge is -2.14. The second kappa shape index (κ2) is 9.33. The van der Waals surface area contributed by atoms with Crippen LogP contribution in [0.4, 0.5) is 24.5 Å². The Morgan fingerprint density at radius 2 is 1.72 bits per heavy atom. The molecule has 2 amide bonds. The van der Waals surface area contributed by atoms with Crippen molar-refractivity contribution >= 4 is 35.2 Å². The van der Waals surface area contributed by atoms with Gasteiger partial charge in [0.25, 0.3) is 17.5 Å². The molecule has 36 heavy (non-hydrogen) atoms. The molecule has 1 N–H and O–H groups in total. The Labute approximate surface area is 200 Å². The Balaban J connectivity index is 1.70. The topological polar surface area (TPSA) is 119 Å². The molecule has 12 heteroatoms. The number of rotatable bonds is 5. The van der Waals surface area contributed by atoms with E-state index in [4.69, 9.17) is 4.74 Å². The lowest BCUT2D eigenvalue weighted by atomic mass is 10.1. The largest absolute Gasteiger partial charge is 0.422 e. The molecule has 1 aliphatic rings. The van der Waals surface area contributed by atoms with Crippen LogP contribution in [0.1, 0.15) is 21.5 Å². The highest BCUT2D eigenvalue weighted by atomic mass is 19.4. The van der Waals surface area contributed by atoms with Gasteiger partial charge in [0.1, 0.15) is 11.3 Å². The van der Waals surface area contributed by atoms with Crippen molar-refractivity contribution in [2.24, 2.45) is 0 Å². The molecule has 4 rings (SSSR count). The van der Waals surface area contributed by atoms with Crippen molar-refractivity contribution in [2.45, 2.75) is 6.18 Å². The Hall–Kier alpha value is -5.00. The summed E-state index contributed by atoms with van der Waals surface area (Å²) in [5.41, 5.74) is 0.194. The van der Waals surface area contributed by atoms with E-state index in [1.807, 2.05) is 0 Å². The van der Waals surface area contributed by atoms with Gasteiger partial charge in [0.2, 0.25) is 0 Å². The van der Waals surface area contributed by atoms with Crippen LogP contribution in [0.15, 0.2) is 78.4 Å². The number of carbonyl (C=O) groups is 3. The predicted octanol–water partition coefficient (Wildman–Crippen LogP) is 4.29. The molecular weight excluding hydrogens is 483 g/mol. The fourth-order valence-corrected chi connectivity index (χ4v) is 3.31. The third-order valence-corrected chi connectivity index (χ3v) is 5.04. The SMILES string of the molecule is O=C1NN(c2ccccc2)C(=O)C1=Cc1cc([N+](=O)[O-])ccc1OC(=O)c1cccc(C(F)(F)F)c1. The molecule has 0 unspecified atom stereocenters. The molecule has 0 atom stereocenters. The molecule has 0 spiro atoms. The lowest BCUT2D eigenvalue weighted by Crippen LogP contribution is -2.35. The quantitative estimate of drug-likeness (QED) is 0.140. The standard InChI is InChI=1S/C24H14F3N3O6/c25-24(26,27)16-6-4-5-14(11-16)23(33)36-20-10-9-18(30(34)35)12-15(20)13-19-21(31)28-29(22(19)32)17-7-2-1-3-8-17/h1-13H,(H,28,31). The van der Waals surface area contributed by atoms with Crippen molar-refractivity contribution in [3.8, 4) is 5.75 Å². The molecule has 1 aliphatic heterocycles. The zero-order valence-corrected chi connectivity index (χ0v) is 18.0. The van der Waals surface area contributed by atoms with Crippen molar-refractivity contribution in [2.75, 3.05) is 5.01 Å². The predicted molar refractivity (Wildman–Crippen MR) is 120 cm³/mol. The average molecular weight is 497 g/mol. The summed E-state index contributed by atoms with van der Waals surface area (Å²) < 4.78 is 44.2. The van der Waals surface area contributed by atoms with Gasteiger partial charge in [-0.25, -0.2) is 9.80 Å². The van der Waals surface area contributed by atoms with Crippen molar-refractivity contribution in [1.29, 1.82) is 0 Å². The van der Waals surface area contributed by atoms with E-state index in [1.165, 1.54) is 0 Å². The summed E-state index contributed by atoms with van der Waals surface area (Å²) >= 11 is 0. The highest BCUT2D eigenvalue weighted by Gasteiger charge is 2.35. The first-order valence-electron chi connectivity index (χ1n) is 10.1. The third-order valence-electron chi connectivity index (χ3n) is 5.04. The molecule has 0 aromatic heterocycles. The first kappa shape index (κ1) is 24.1. The van der Waals surface area contributed by atoms with E-state index in [9.17, 15) is 37.7 Å². The minimum atomic E-state index is -4.69. The van der Waals surface area contributed by atoms with Gasteiger partial charge in [-0.3, -0.25) is 25.1 Å². The Morgan fingerprint density at radius 3 is 2.39 bits per heavy atom. The number of nitrogens with one attached hydrogen (secondary N) is 1. The highest BCUT2D eigenvalue weighted by Crippen LogP contribution is 2.31. The summed E-state index contributed by atoms with van der Waals surface area (Å²) in [6.45, 7) is 0. The van der Waals surface area contributed by atoms with Crippen LogP contribution in [0.3, 0.4) is 0 Å².